The molecule has 5 heteroatoms. The van der Waals surface area contributed by atoms with Crippen LogP contribution < -0.4 is 14.4 Å². The largest absolute Gasteiger partial charge is 0.493 e. The molecule has 1 aliphatic heterocycles. The maximum absolute atomic E-state index is 9.36. The Kier molecular flexibility index (Phi) is 6.71. The van der Waals surface area contributed by atoms with Gasteiger partial charge in [0.05, 0.1) is 18.4 Å². The number of rotatable bonds is 7. The number of hydrogen-bond donors (Lipinski definition) is 0. The van der Waals surface area contributed by atoms with Crippen molar-refractivity contribution >= 4 is 5.69 Å². The minimum Gasteiger partial charge on any atom is -0.493 e. The van der Waals surface area contributed by atoms with Crippen LogP contribution in [0.25, 0.3) is 0 Å². The molecule has 0 spiro atoms. The molecule has 1 aliphatic rings. The van der Waals surface area contributed by atoms with Crippen LogP contribution in [-0.4, -0.2) is 38.2 Å². The van der Waals surface area contributed by atoms with Crippen LogP contribution in [0.5, 0.6) is 11.5 Å². The highest BCUT2D eigenvalue weighted by Crippen LogP contribution is 2.30. The Balaban J connectivity index is 1.35. The van der Waals surface area contributed by atoms with Crippen molar-refractivity contribution in [1.82, 2.24) is 4.90 Å². The molecule has 0 unspecified atom stereocenters. The second kappa shape index (κ2) is 10.0. The van der Waals surface area contributed by atoms with Crippen LogP contribution in [0, 0.1) is 11.3 Å². The smallest absolute Gasteiger partial charge is 0.161 e. The second-order valence-electron chi connectivity index (χ2n) is 7.65. The molecule has 0 aromatic heterocycles. The lowest BCUT2D eigenvalue weighted by molar-refractivity contribution is 0.248. The summed E-state index contributed by atoms with van der Waals surface area (Å²) >= 11 is 0. The Bertz CT molecular complexity index is 1040. The molecule has 3 aromatic carbocycles. The minimum absolute atomic E-state index is 0.517. The summed E-state index contributed by atoms with van der Waals surface area (Å²) < 4.78 is 11.6. The maximum Gasteiger partial charge on any atom is 0.161 e. The predicted octanol–water partition coefficient (Wildman–Crippen LogP) is 4.47. The summed E-state index contributed by atoms with van der Waals surface area (Å²) in [6.07, 6.45) is 0. The summed E-state index contributed by atoms with van der Waals surface area (Å²) in [5.74, 6) is 1.52. The summed E-state index contributed by atoms with van der Waals surface area (Å²) in [6.45, 7) is 5.11. The van der Waals surface area contributed by atoms with E-state index in [1.165, 1.54) is 5.56 Å². The van der Waals surface area contributed by atoms with Gasteiger partial charge in [-0.15, -0.1) is 0 Å². The average molecular weight is 414 g/mol. The molecule has 0 amide bonds. The van der Waals surface area contributed by atoms with Gasteiger partial charge in [0, 0.05) is 32.7 Å². The summed E-state index contributed by atoms with van der Waals surface area (Å²) in [4.78, 5) is 4.74. The van der Waals surface area contributed by atoms with Crippen LogP contribution in [0.15, 0.2) is 72.8 Å². The Morgan fingerprint density at radius 2 is 1.58 bits per heavy atom. The first-order valence-corrected chi connectivity index (χ1v) is 10.6. The standard InChI is InChI=1S/C26H27N3O2/c1-30-26-17-22(11-12-25(26)31-20-21-7-3-2-4-8-21)19-28-13-15-29(16-14-28)24-10-6-5-9-23(24)18-27/h2-12,17H,13-16,19-20H2,1H3. The van der Waals surface area contributed by atoms with Crippen molar-refractivity contribution in [1.29, 1.82) is 5.26 Å². The van der Waals surface area contributed by atoms with Crippen molar-refractivity contribution in [3.63, 3.8) is 0 Å². The summed E-state index contributed by atoms with van der Waals surface area (Å²) in [6, 6.07) is 26.4. The summed E-state index contributed by atoms with van der Waals surface area (Å²) in [5.41, 5.74) is 4.11. The molecule has 0 aliphatic carbocycles. The van der Waals surface area contributed by atoms with E-state index < -0.39 is 0 Å². The van der Waals surface area contributed by atoms with E-state index >= 15 is 0 Å². The van der Waals surface area contributed by atoms with Crippen LogP contribution >= 0.6 is 0 Å². The van der Waals surface area contributed by atoms with Gasteiger partial charge < -0.3 is 14.4 Å². The van der Waals surface area contributed by atoms with E-state index in [2.05, 4.69) is 40.1 Å². The quantitative estimate of drug-likeness (QED) is 0.572. The molecule has 0 radical (unpaired) electrons. The van der Waals surface area contributed by atoms with Crippen LogP contribution in [0.3, 0.4) is 0 Å². The lowest BCUT2D eigenvalue weighted by Crippen LogP contribution is -2.46. The molecule has 1 saturated heterocycles. The van der Waals surface area contributed by atoms with Crippen molar-refractivity contribution in [2.45, 2.75) is 13.2 Å². The zero-order chi connectivity index (χ0) is 21.5. The number of methoxy groups -OCH3 is 1. The first kappa shape index (κ1) is 20.8. The molecular weight excluding hydrogens is 386 g/mol. The lowest BCUT2D eigenvalue weighted by Gasteiger charge is -2.36. The van der Waals surface area contributed by atoms with Crippen LogP contribution in [0.2, 0.25) is 0 Å². The van der Waals surface area contributed by atoms with Gasteiger partial charge in [0.1, 0.15) is 12.7 Å². The molecule has 4 rings (SSSR count). The van der Waals surface area contributed by atoms with Crippen molar-refractivity contribution < 1.29 is 9.47 Å². The molecule has 5 nitrogen and oxygen atoms in total. The topological polar surface area (TPSA) is 48.7 Å². The van der Waals surface area contributed by atoms with E-state index in [4.69, 9.17) is 9.47 Å². The van der Waals surface area contributed by atoms with Crippen molar-refractivity contribution in [3.8, 4) is 17.6 Å². The van der Waals surface area contributed by atoms with E-state index in [0.29, 0.717) is 6.61 Å². The normalized spacial score (nSPS) is 14.1. The van der Waals surface area contributed by atoms with E-state index in [-0.39, 0.29) is 0 Å². The number of para-hydroxylation sites is 1. The Morgan fingerprint density at radius 1 is 0.839 bits per heavy atom. The molecular formula is C26H27N3O2. The SMILES string of the molecule is COc1cc(CN2CCN(c3ccccc3C#N)CC2)ccc1OCc1ccccc1. The van der Waals surface area contributed by atoms with Crippen molar-refractivity contribution in [2.75, 3.05) is 38.2 Å². The van der Waals surface area contributed by atoms with Crippen molar-refractivity contribution in [3.05, 3.63) is 89.5 Å². The fourth-order valence-corrected chi connectivity index (χ4v) is 3.91. The molecule has 0 N–H and O–H groups in total. The highest BCUT2D eigenvalue weighted by Gasteiger charge is 2.19. The van der Waals surface area contributed by atoms with Crippen LogP contribution in [-0.2, 0) is 13.2 Å². The van der Waals surface area contributed by atoms with Gasteiger partial charge in [-0.05, 0) is 35.4 Å². The molecule has 0 atom stereocenters. The predicted molar refractivity (Wildman–Crippen MR) is 122 cm³/mol. The maximum atomic E-state index is 9.36. The number of anilines is 1. The Hall–Kier alpha value is -3.49. The number of benzene rings is 3. The van der Waals surface area contributed by atoms with Gasteiger partial charge in [-0.2, -0.15) is 5.26 Å². The first-order chi connectivity index (χ1) is 15.3. The molecule has 158 valence electrons. The molecule has 1 fully saturated rings. The van der Waals surface area contributed by atoms with Gasteiger partial charge in [0.15, 0.2) is 11.5 Å². The molecule has 0 bridgehead atoms. The average Bonchev–Trinajstić information content (AvgIpc) is 2.84. The van der Waals surface area contributed by atoms with E-state index in [9.17, 15) is 5.26 Å². The third kappa shape index (κ3) is 5.17. The molecule has 31 heavy (non-hydrogen) atoms. The second-order valence-corrected chi connectivity index (χ2v) is 7.65. The van der Waals surface area contributed by atoms with Crippen LogP contribution in [0.4, 0.5) is 5.69 Å². The number of piperazine rings is 1. The third-order valence-electron chi connectivity index (χ3n) is 5.61. The number of hydrogen-bond acceptors (Lipinski definition) is 5. The third-order valence-corrected chi connectivity index (χ3v) is 5.61. The van der Waals surface area contributed by atoms with Crippen molar-refractivity contribution in [2.24, 2.45) is 0 Å². The van der Waals surface area contributed by atoms with Crippen LogP contribution in [0.1, 0.15) is 16.7 Å². The van der Waals surface area contributed by atoms with Gasteiger partial charge in [0.2, 0.25) is 0 Å². The molecule has 1 heterocycles. The fraction of sp³-hybridized carbons (Fsp3) is 0.269. The van der Waals surface area contributed by atoms with Gasteiger partial charge in [0.25, 0.3) is 0 Å². The highest BCUT2D eigenvalue weighted by molar-refractivity contribution is 5.59. The van der Waals surface area contributed by atoms with Gasteiger partial charge in [-0.25, -0.2) is 0 Å². The Labute approximate surface area is 184 Å². The zero-order valence-corrected chi connectivity index (χ0v) is 17.8. The fourth-order valence-electron chi connectivity index (χ4n) is 3.91. The zero-order valence-electron chi connectivity index (χ0n) is 17.8. The van der Waals surface area contributed by atoms with Gasteiger partial charge >= 0.3 is 0 Å². The number of nitriles is 1. The van der Waals surface area contributed by atoms with Gasteiger partial charge in [-0.1, -0.05) is 48.5 Å². The first-order valence-electron chi connectivity index (χ1n) is 10.6. The number of ether oxygens (including phenoxy) is 2. The number of nitrogens with zero attached hydrogens (tertiary/aromatic N) is 3. The summed E-state index contributed by atoms with van der Waals surface area (Å²) in [5, 5.41) is 9.36. The lowest BCUT2D eigenvalue weighted by atomic mass is 10.1. The highest BCUT2D eigenvalue weighted by atomic mass is 16.5. The molecule has 0 saturated carbocycles. The monoisotopic (exact) mass is 413 g/mol. The Morgan fingerprint density at radius 3 is 2.32 bits per heavy atom. The molecule has 3 aromatic rings. The van der Waals surface area contributed by atoms with E-state index in [1.54, 1.807) is 7.11 Å². The van der Waals surface area contributed by atoms with Gasteiger partial charge in [-0.3, -0.25) is 4.90 Å². The minimum atomic E-state index is 0.517. The summed E-state index contributed by atoms with van der Waals surface area (Å²) in [7, 11) is 1.68. The van der Waals surface area contributed by atoms with E-state index in [1.807, 2.05) is 48.5 Å². The van der Waals surface area contributed by atoms with E-state index in [0.717, 1.165) is 61.0 Å².